The number of aromatic nitrogens is 3. The highest BCUT2D eigenvalue weighted by Gasteiger charge is 2.29. The van der Waals surface area contributed by atoms with Crippen LogP contribution in [0.15, 0.2) is 36.5 Å². The lowest BCUT2D eigenvalue weighted by Crippen LogP contribution is -2.43. The van der Waals surface area contributed by atoms with Crippen molar-refractivity contribution in [2.45, 2.75) is 44.7 Å². The Bertz CT molecular complexity index is 1150. The highest BCUT2D eigenvalue weighted by Crippen LogP contribution is 2.40. The summed E-state index contributed by atoms with van der Waals surface area (Å²) in [4.78, 5) is 20.8. The average Bonchev–Trinajstić information content (AvgIpc) is 3.63. The predicted octanol–water partition coefficient (Wildman–Crippen LogP) is 3.70. The zero-order valence-electron chi connectivity index (χ0n) is 20.2. The molecule has 8 heteroatoms. The van der Waals surface area contributed by atoms with Gasteiger partial charge in [0.2, 0.25) is 0 Å². The Morgan fingerprint density at radius 3 is 2.59 bits per heavy atom. The van der Waals surface area contributed by atoms with Crippen LogP contribution in [0, 0.1) is 0 Å². The van der Waals surface area contributed by atoms with E-state index in [-0.39, 0.29) is 18.0 Å². The predicted molar refractivity (Wildman–Crippen MR) is 130 cm³/mol. The molecular weight excluding hydrogens is 430 g/mol. The molecule has 2 aromatic heterocycles. The molecular formula is C26H33N5O3. The third-order valence-corrected chi connectivity index (χ3v) is 6.76. The third-order valence-electron chi connectivity index (χ3n) is 6.76. The average molecular weight is 464 g/mol. The van der Waals surface area contributed by atoms with Gasteiger partial charge in [-0.25, -0.2) is 9.67 Å². The first-order valence-electron chi connectivity index (χ1n) is 12.2. The van der Waals surface area contributed by atoms with Gasteiger partial charge in [-0.05, 0) is 50.5 Å². The largest absolute Gasteiger partial charge is 0.497 e. The van der Waals surface area contributed by atoms with Crippen LogP contribution in [0.1, 0.15) is 66.3 Å². The van der Waals surface area contributed by atoms with Crippen molar-refractivity contribution in [1.82, 2.24) is 25.0 Å². The number of hydrogen-bond donors (Lipinski definition) is 1. The molecule has 3 aromatic rings. The Kier molecular flexibility index (Phi) is 6.52. The van der Waals surface area contributed by atoms with Crippen molar-refractivity contribution in [3.63, 3.8) is 0 Å². The summed E-state index contributed by atoms with van der Waals surface area (Å²) in [7, 11) is 1.67. The van der Waals surface area contributed by atoms with E-state index in [0.717, 1.165) is 54.0 Å². The highest BCUT2D eigenvalue weighted by molar-refractivity contribution is 6.05. The van der Waals surface area contributed by atoms with E-state index in [1.54, 1.807) is 13.3 Å². The standard InChI is InChI=1S/C26H33N5O3/c1-17(2)31-25-22(15-28-31)21(14-23(29-25)18-4-5-18)26(32)27-16-24(30-10-12-34-13-11-30)19-6-8-20(33-3)9-7-19/h6-9,14-15,17-18,24H,4-5,10-13,16H2,1-3H3,(H,27,32). The molecule has 2 aliphatic rings. The molecule has 1 aromatic carbocycles. The second kappa shape index (κ2) is 9.72. The zero-order valence-corrected chi connectivity index (χ0v) is 20.2. The van der Waals surface area contributed by atoms with Crippen LogP contribution >= 0.6 is 0 Å². The number of carbonyl (C=O) groups is 1. The van der Waals surface area contributed by atoms with Gasteiger partial charge in [-0.15, -0.1) is 0 Å². The Balaban J connectivity index is 1.41. The molecule has 8 nitrogen and oxygen atoms in total. The fourth-order valence-corrected chi connectivity index (χ4v) is 4.65. The summed E-state index contributed by atoms with van der Waals surface area (Å²) in [6.07, 6.45) is 4.04. The van der Waals surface area contributed by atoms with Crippen molar-refractivity contribution >= 4 is 16.9 Å². The van der Waals surface area contributed by atoms with Crippen LogP contribution in [0.25, 0.3) is 11.0 Å². The van der Waals surface area contributed by atoms with Gasteiger partial charge in [-0.1, -0.05) is 12.1 Å². The maximum atomic E-state index is 13.5. The second-order valence-corrected chi connectivity index (χ2v) is 9.44. The SMILES string of the molecule is COc1ccc(C(CNC(=O)c2cc(C3CC3)nc3c2cnn3C(C)C)N2CCOCC2)cc1. The molecule has 1 atom stereocenters. The minimum Gasteiger partial charge on any atom is -0.497 e. The number of pyridine rings is 1. The summed E-state index contributed by atoms with van der Waals surface area (Å²) in [5, 5.41) is 8.56. The molecule has 0 radical (unpaired) electrons. The molecule has 1 unspecified atom stereocenters. The summed E-state index contributed by atoms with van der Waals surface area (Å²) in [6, 6.07) is 10.3. The van der Waals surface area contributed by atoms with Crippen LogP contribution in [0.2, 0.25) is 0 Å². The molecule has 3 heterocycles. The number of rotatable bonds is 8. The van der Waals surface area contributed by atoms with Crippen LogP contribution in [-0.4, -0.2) is 65.5 Å². The van der Waals surface area contributed by atoms with Crippen molar-refractivity contribution in [3.8, 4) is 5.75 Å². The van der Waals surface area contributed by atoms with Crippen molar-refractivity contribution in [2.24, 2.45) is 0 Å². The van der Waals surface area contributed by atoms with E-state index in [9.17, 15) is 4.79 Å². The minimum absolute atomic E-state index is 0.0531. The van der Waals surface area contributed by atoms with E-state index in [4.69, 9.17) is 14.5 Å². The lowest BCUT2D eigenvalue weighted by Gasteiger charge is -2.35. The van der Waals surface area contributed by atoms with E-state index in [0.29, 0.717) is 31.2 Å². The van der Waals surface area contributed by atoms with Gasteiger partial charge in [0.05, 0.1) is 43.5 Å². The number of methoxy groups -OCH3 is 1. The summed E-state index contributed by atoms with van der Waals surface area (Å²) < 4.78 is 12.8. The van der Waals surface area contributed by atoms with Crippen LogP contribution in [-0.2, 0) is 4.74 Å². The molecule has 0 spiro atoms. The normalized spacial score (nSPS) is 17.8. The molecule has 180 valence electrons. The van der Waals surface area contributed by atoms with Gasteiger partial charge < -0.3 is 14.8 Å². The van der Waals surface area contributed by atoms with Gasteiger partial charge in [-0.2, -0.15) is 5.10 Å². The Hall–Kier alpha value is -2.97. The highest BCUT2D eigenvalue weighted by atomic mass is 16.5. The van der Waals surface area contributed by atoms with Crippen molar-refractivity contribution in [3.05, 3.63) is 53.3 Å². The maximum absolute atomic E-state index is 13.5. The number of nitrogens with one attached hydrogen (secondary N) is 1. The minimum atomic E-state index is -0.0793. The molecule has 2 fully saturated rings. The summed E-state index contributed by atoms with van der Waals surface area (Å²) in [6.45, 7) is 7.73. The van der Waals surface area contributed by atoms with Crippen molar-refractivity contribution in [1.29, 1.82) is 0 Å². The van der Waals surface area contributed by atoms with Gasteiger partial charge in [0.1, 0.15) is 5.75 Å². The molecule has 1 aliphatic carbocycles. The van der Waals surface area contributed by atoms with Crippen molar-refractivity contribution < 1.29 is 14.3 Å². The van der Waals surface area contributed by atoms with Crippen molar-refractivity contribution in [2.75, 3.05) is 40.0 Å². The first-order chi connectivity index (χ1) is 16.5. The number of ether oxygens (including phenoxy) is 2. The van der Waals surface area contributed by atoms with Gasteiger partial charge in [0.25, 0.3) is 5.91 Å². The number of morpholine rings is 1. The van der Waals surface area contributed by atoms with E-state index in [1.165, 1.54) is 0 Å². The Morgan fingerprint density at radius 2 is 1.94 bits per heavy atom. The van der Waals surface area contributed by atoms with E-state index < -0.39 is 0 Å². The van der Waals surface area contributed by atoms with E-state index in [2.05, 4.69) is 41.3 Å². The fraction of sp³-hybridized carbons (Fsp3) is 0.500. The molecule has 5 rings (SSSR count). The molecule has 1 N–H and O–H groups in total. The van der Waals surface area contributed by atoms with Gasteiger partial charge >= 0.3 is 0 Å². The molecule has 0 bridgehead atoms. The number of hydrogen-bond acceptors (Lipinski definition) is 6. The molecule has 1 aliphatic heterocycles. The maximum Gasteiger partial charge on any atom is 0.252 e. The lowest BCUT2D eigenvalue weighted by atomic mass is 10.0. The van der Waals surface area contributed by atoms with Crippen LogP contribution in [0.5, 0.6) is 5.75 Å². The van der Waals surface area contributed by atoms with E-state index >= 15 is 0 Å². The van der Waals surface area contributed by atoms with Gasteiger partial charge in [0.15, 0.2) is 5.65 Å². The quantitative estimate of drug-likeness (QED) is 0.549. The topological polar surface area (TPSA) is 81.5 Å². The lowest BCUT2D eigenvalue weighted by molar-refractivity contribution is 0.0162. The first-order valence-corrected chi connectivity index (χ1v) is 12.2. The number of benzene rings is 1. The number of fused-ring (bicyclic) bond motifs is 1. The number of amides is 1. The fourth-order valence-electron chi connectivity index (χ4n) is 4.65. The Labute approximate surface area is 200 Å². The smallest absolute Gasteiger partial charge is 0.252 e. The van der Waals surface area contributed by atoms with Crippen LogP contribution < -0.4 is 10.1 Å². The first kappa shape index (κ1) is 22.8. The number of nitrogens with zero attached hydrogens (tertiary/aromatic N) is 4. The summed E-state index contributed by atoms with van der Waals surface area (Å²) >= 11 is 0. The molecule has 1 saturated carbocycles. The monoisotopic (exact) mass is 463 g/mol. The van der Waals surface area contributed by atoms with Gasteiger partial charge in [0, 0.05) is 37.3 Å². The summed E-state index contributed by atoms with van der Waals surface area (Å²) in [5.74, 6) is 1.19. The molecule has 1 saturated heterocycles. The van der Waals surface area contributed by atoms with E-state index in [1.807, 2.05) is 22.9 Å². The summed E-state index contributed by atoms with van der Waals surface area (Å²) in [5.41, 5.74) is 3.60. The molecule has 1 amide bonds. The molecule has 34 heavy (non-hydrogen) atoms. The van der Waals surface area contributed by atoms with Crippen LogP contribution in [0.4, 0.5) is 0 Å². The van der Waals surface area contributed by atoms with Crippen LogP contribution in [0.3, 0.4) is 0 Å². The zero-order chi connectivity index (χ0) is 23.7. The third kappa shape index (κ3) is 4.65. The second-order valence-electron chi connectivity index (χ2n) is 9.44. The Morgan fingerprint density at radius 1 is 1.21 bits per heavy atom. The number of carbonyl (C=O) groups excluding carboxylic acids is 1. The van der Waals surface area contributed by atoms with Gasteiger partial charge in [-0.3, -0.25) is 9.69 Å².